The number of nitrogens with one attached hydrogen (secondary N) is 2. The highest BCUT2D eigenvalue weighted by Gasteiger charge is 2.56. The van der Waals surface area contributed by atoms with Gasteiger partial charge >= 0.3 is 0 Å². The maximum absolute atomic E-state index is 11.6. The Morgan fingerprint density at radius 3 is 2.87 bits per heavy atom. The summed E-state index contributed by atoms with van der Waals surface area (Å²) in [6, 6.07) is 2.81. The van der Waals surface area contributed by atoms with Crippen LogP contribution in [0.2, 0.25) is 0 Å². The molecule has 0 bridgehead atoms. The predicted octanol–water partition coefficient (Wildman–Crippen LogP) is 1.63. The highest BCUT2D eigenvalue weighted by Crippen LogP contribution is 2.56. The van der Waals surface area contributed by atoms with Crippen molar-refractivity contribution in [2.24, 2.45) is 5.41 Å². The summed E-state index contributed by atoms with van der Waals surface area (Å²) >= 11 is 1.73. The second-order valence-electron chi connectivity index (χ2n) is 6.81. The number of hydrogen-bond acceptors (Lipinski definition) is 5. The van der Waals surface area contributed by atoms with Crippen LogP contribution in [0.4, 0.5) is 0 Å². The number of hydrogen-bond donors (Lipinski definition) is 2. The second kappa shape index (κ2) is 7.19. The Morgan fingerprint density at radius 1 is 1.43 bits per heavy atom. The van der Waals surface area contributed by atoms with Crippen LogP contribution in [0.1, 0.15) is 31.2 Å². The van der Waals surface area contributed by atoms with E-state index in [1.807, 2.05) is 0 Å². The van der Waals surface area contributed by atoms with Crippen molar-refractivity contribution in [2.75, 3.05) is 32.4 Å². The first-order chi connectivity index (χ1) is 11.0. The fourth-order valence-corrected chi connectivity index (χ4v) is 5.20. The third-order valence-corrected chi connectivity index (χ3v) is 7.50. The summed E-state index contributed by atoms with van der Waals surface area (Å²) < 4.78 is 25.7. The molecule has 1 aromatic heterocycles. The van der Waals surface area contributed by atoms with Crippen LogP contribution in [0.15, 0.2) is 16.8 Å². The normalized spacial score (nSPS) is 23.5. The van der Waals surface area contributed by atoms with Gasteiger partial charge in [0, 0.05) is 12.6 Å². The predicted molar refractivity (Wildman–Crippen MR) is 95.1 cm³/mol. The Kier molecular flexibility index (Phi) is 5.42. The molecule has 130 valence electrons. The fourth-order valence-electron chi connectivity index (χ4n) is 3.83. The number of piperidine rings is 1. The van der Waals surface area contributed by atoms with Crippen LogP contribution in [-0.4, -0.2) is 51.8 Å². The maximum Gasteiger partial charge on any atom is 0.211 e. The molecule has 5 nitrogen and oxygen atoms in total. The van der Waals surface area contributed by atoms with Crippen LogP contribution < -0.4 is 10.0 Å². The lowest BCUT2D eigenvalue weighted by Gasteiger charge is -2.29. The van der Waals surface area contributed by atoms with Crippen LogP contribution in [0, 0.1) is 5.41 Å². The maximum atomic E-state index is 11.6. The molecule has 23 heavy (non-hydrogen) atoms. The van der Waals surface area contributed by atoms with Crippen LogP contribution in [0.3, 0.4) is 0 Å². The molecular formula is C16H27N3O2S2. The van der Waals surface area contributed by atoms with Crippen molar-refractivity contribution in [1.29, 1.82) is 0 Å². The summed E-state index contributed by atoms with van der Waals surface area (Å²) in [5.41, 5.74) is 1.84. The van der Waals surface area contributed by atoms with Crippen molar-refractivity contribution >= 4 is 21.4 Å². The Morgan fingerprint density at radius 2 is 2.22 bits per heavy atom. The minimum Gasteiger partial charge on any atom is -0.317 e. The molecule has 1 aliphatic carbocycles. The SMILES string of the molecule is CNS(=O)(=O)CCCN(Cc1ccsc1)[C@H]1CC12CCNCC2. The van der Waals surface area contributed by atoms with Crippen molar-refractivity contribution < 1.29 is 8.42 Å². The topological polar surface area (TPSA) is 61.4 Å². The van der Waals surface area contributed by atoms with E-state index < -0.39 is 10.0 Å². The molecular weight excluding hydrogens is 330 g/mol. The molecule has 0 unspecified atom stereocenters. The van der Waals surface area contributed by atoms with Crippen molar-refractivity contribution in [2.45, 2.75) is 38.3 Å². The molecule has 1 aliphatic heterocycles. The van der Waals surface area contributed by atoms with E-state index in [1.54, 1.807) is 11.3 Å². The summed E-state index contributed by atoms with van der Waals surface area (Å²) in [6.07, 6.45) is 4.48. The van der Waals surface area contributed by atoms with E-state index in [9.17, 15) is 8.42 Å². The van der Waals surface area contributed by atoms with Gasteiger partial charge in [-0.25, -0.2) is 13.1 Å². The zero-order valence-electron chi connectivity index (χ0n) is 13.8. The Labute approximate surface area is 143 Å². The summed E-state index contributed by atoms with van der Waals surface area (Å²) in [4.78, 5) is 2.53. The van der Waals surface area contributed by atoms with E-state index in [0.717, 1.165) is 26.2 Å². The fraction of sp³-hybridized carbons (Fsp3) is 0.750. The van der Waals surface area contributed by atoms with Crippen molar-refractivity contribution in [1.82, 2.24) is 14.9 Å². The molecule has 2 N–H and O–H groups in total. The Balaban J connectivity index is 1.60. The first kappa shape index (κ1) is 17.4. The number of thiophene rings is 1. The number of rotatable bonds is 8. The minimum atomic E-state index is -3.10. The zero-order chi connectivity index (χ0) is 16.3. The minimum absolute atomic E-state index is 0.213. The van der Waals surface area contributed by atoms with Gasteiger partial charge in [0.1, 0.15) is 0 Å². The van der Waals surface area contributed by atoms with E-state index in [4.69, 9.17) is 0 Å². The highest BCUT2D eigenvalue weighted by molar-refractivity contribution is 7.89. The standard InChI is InChI=1S/C16H27N3O2S2/c1-17-23(20,21)10-2-8-19(12-14-3-9-22-13-14)15-11-16(15)4-6-18-7-5-16/h3,9,13,15,17-18H,2,4-8,10-12H2,1H3/t15-/m0/s1. The van der Waals surface area contributed by atoms with Gasteiger partial charge < -0.3 is 5.32 Å². The van der Waals surface area contributed by atoms with Gasteiger partial charge in [0.05, 0.1) is 5.75 Å². The van der Waals surface area contributed by atoms with Crippen LogP contribution >= 0.6 is 11.3 Å². The van der Waals surface area contributed by atoms with Gasteiger partial charge in [0.15, 0.2) is 0 Å². The molecule has 1 spiro atoms. The molecule has 3 rings (SSSR count). The summed E-state index contributed by atoms with van der Waals surface area (Å²) in [6.45, 7) is 4.05. The quantitative estimate of drug-likeness (QED) is 0.742. The average molecular weight is 358 g/mol. The molecule has 1 saturated heterocycles. The lowest BCUT2D eigenvalue weighted by Crippen LogP contribution is -2.37. The van der Waals surface area contributed by atoms with Gasteiger partial charge in [-0.15, -0.1) is 0 Å². The zero-order valence-corrected chi connectivity index (χ0v) is 15.4. The molecule has 2 fully saturated rings. The molecule has 2 heterocycles. The Hall–Kier alpha value is -0.470. The van der Waals surface area contributed by atoms with E-state index in [1.165, 1.54) is 31.9 Å². The lowest BCUT2D eigenvalue weighted by atomic mass is 9.93. The van der Waals surface area contributed by atoms with Gasteiger partial charge in [0.25, 0.3) is 0 Å². The van der Waals surface area contributed by atoms with Crippen LogP contribution in [0.25, 0.3) is 0 Å². The summed E-state index contributed by atoms with van der Waals surface area (Å²) in [7, 11) is -1.61. The summed E-state index contributed by atoms with van der Waals surface area (Å²) in [5.74, 6) is 0.213. The highest BCUT2D eigenvalue weighted by atomic mass is 32.2. The molecule has 1 aromatic rings. The van der Waals surface area contributed by atoms with Gasteiger partial charge in [-0.3, -0.25) is 4.90 Å². The first-order valence-corrected chi connectivity index (χ1v) is 11.0. The first-order valence-electron chi connectivity index (χ1n) is 8.42. The van der Waals surface area contributed by atoms with Gasteiger partial charge in [-0.2, -0.15) is 11.3 Å². The van der Waals surface area contributed by atoms with Gasteiger partial charge in [0.2, 0.25) is 10.0 Å². The van der Waals surface area contributed by atoms with E-state index in [0.29, 0.717) is 17.9 Å². The molecule has 1 saturated carbocycles. The van der Waals surface area contributed by atoms with E-state index in [-0.39, 0.29) is 5.75 Å². The Bertz CT molecular complexity index is 595. The van der Waals surface area contributed by atoms with Crippen LogP contribution in [-0.2, 0) is 16.6 Å². The van der Waals surface area contributed by atoms with E-state index in [2.05, 4.69) is 31.8 Å². The molecule has 1 atom stereocenters. The van der Waals surface area contributed by atoms with Crippen molar-refractivity contribution in [3.05, 3.63) is 22.4 Å². The molecule has 7 heteroatoms. The molecule has 2 aliphatic rings. The van der Waals surface area contributed by atoms with Crippen molar-refractivity contribution in [3.8, 4) is 0 Å². The lowest BCUT2D eigenvalue weighted by molar-refractivity contribution is 0.196. The van der Waals surface area contributed by atoms with Crippen LogP contribution in [0.5, 0.6) is 0 Å². The monoisotopic (exact) mass is 357 g/mol. The third-order valence-electron chi connectivity index (χ3n) is 5.32. The molecule has 0 aromatic carbocycles. The van der Waals surface area contributed by atoms with Gasteiger partial charge in [-0.1, -0.05) is 0 Å². The van der Waals surface area contributed by atoms with Gasteiger partial charge in [-0.05, 0) is 80.2 Å². The second-order valence-corrected chi connectivity index (χ2v) is 9.64. The largest absolute Gasteiger partial charge is 0.317 e. The number of nitrogens with zero attached hydrogens (tertiary/aromatic N) is 1. The van der Waals surface area contributed by atoms with Crippen molar-refractivity contribution in [3.63, 3.8) is 0 Å². The average Bonchev–Trinajstić information content (AvgIpc) is 2.97. The number of sulfonamides is 1. The smallest absolute Gasteiger partial charge is 0.211 e. The third kappa shape index (κ3) is 4.33. The molecule has 0 amide bonds. The summed E-state index contributed by atoms with van der Waals surface area (Å²) in [5, 5.41) is 7.77. The molecule has 0 radical (unpaired) electrons. The van der Waals surface area contributed by atoms with E-state index >= 15 is 0 Å².